The van der Waals surface area contributed by atoms with E-state index in [1.54, 1.807) is 24.3 Å². The summed E-state index contributed by atoms with van der Waals surface area (Å²) in [6, 6.07) is 13.8. The number of imide groups is 1. The van der Waals surface area contributed by atoms with E-state index in [4.69, 9.17) is 0 Å². The monoisotopic (exact) mass is 418 g/mol. The first-order chi connectivity index (χ1) is 15.0. The van der Waals surface area contributed by atoms with Crippen LogP contribution in [0.25, 0.3) is 0 Å². The number of amides is 5. The fourth-order valence-corrected chi connectivity index (χ4v) is 4.35. The zero-order valence-corrected chi connectivity index (χ0v) is 16.8. The molecule has 1 atom stereocenters. The second-order valence-electron chi connectivity index (χ2n) is 8.23. The number of nitrogens with zero attached hydrogens (tertiary/aromatic N) is 1. The molecule has 2 aromatic rings. The molecule has 31 heavy (non-hydrogen) atoms. The lowest BCUT2D eigenvalue weighted by Crippen LogP contribution is -2.43. The maximum atomic E-state index is 13.2. The van der Waals surface area contributed by atoms with E-state index in [0.29, 0.717) is 24.1 Å². The normalized spacial score (nSPS) is 21.7. The average molecular weight is 418 g/mol. The Kier molecular flexibility index (Phi) is 4.50. The Morgan fingerprint density at radius 3 is 2.61 bits per heavy atom. The van der Waals surface area contributed by atoms with Gasteiger partial charge in [0.15, 0.2) is 0 Å². The minimum absolute atomic E-state index is 0.188. The molecule has 0 aromatic heterocycles. The molecule has 5 rings (SSSR count). The zero-order chi connectivity index (χ0) is 21.6. The van der Waals surface area contributed by atoms with Gasteiger partial charge in [0.1, 0.15) is 12.1 Å². The van der Waals surface area contributed by atoms with E-state index in [1.165, 1.54) is 0 Å². The molecule has 2 fully saturated rings. The molecule has 158 valence electrons. The quantitative estimate of drug-likeness (QED) is 0.645. The maximum absolute atomic E-state index is 13.2. The topological polar surface area (TPSA) is 108 Å². The summed E-state index contributed by atoms with van der Waals surface area (Å²) in [5.41, 5.74) is 1.41. The summed E-state index contributed by atoms with van der Waals surface area (Å²) in [5.74, 6) is -1.22. The third-order valence-corrected chi connectivity index (χ3v) is 6.08. The first-order valence-electron chi connectivity index (χ1n) is 10.4. The number of aryl methyl sites for hydroxylation is 1. The van der Waals surface area contributed by atoms with Gasteiger partial charge in [-0.25, -0.2) is 4.79 Å². The van der Waals surface area contributed by atoms with Gasteiger partial charge in [0.2, 0.25) is 5.91 Å². The van der Waals surface area contributed by atoms with Crippen LogP contribution in [0.1, 0.15) is 40.7 Å². The Bertz CT molecular complexity index is 1110. The van der Waals surface area contributed by atoms with Crippen molar-refractivity contribution in [1.82, 2.24) is 15.5 Å². The molecule has 2 aliphatic carbocycles. The predicted molar refractivity (Wildman–Crippen MR) is 112 cm³/mol. The Hall–Kier alpha value is -3.68. The molecule has 1 aliphatic heterocycles. The van der Waals surface area contributed by atoms with Crippen LogP contribution in [0.5, 0.6) is 0 Å². The van der Waals surface area contributed by atoms with Gasteiger partial charge < -0.3 is 16.0 Å². The molecule has 3 aliphatic rings. The third kappa shape index (κ3) is 3.34. The maximum Gasteiger partial charge on any atom is 0.325 e. The van der Waals surface area contributed by atoms with Crippen LogP contribution in [0.3, 0.4) is 0 Å². The van der Waals surface area contributed by atoms with Crippen molar-refractivity contribution < 1.29 is 19.2 Å². The molecule has 2 aromatic carbocycles. The SMILES string of the molecule is O=C(CN1C(=O)NC2(CCc3ccccc32)C1=O)Nc1ccccc1C(=O)NC1CC1. The van der Waals surface area contributed by atoms with Crippen molar-refractivity contribution in [2.45, 2.75) is 37.3 Å². The first kappa shape index (κ1) is 19.3. The summed E-state index contributed by atoms with van der Waals surface area (Å²) >= 11 is 0. The summed E-state index contributed by atoms with van der Waals surface area (Å²) in [5, 5.41) is 8.38. The smallest absolute Gasteiger partial charge is 0.325 e. The van der Waals surface area contributed by atoms with Gasteiger partial charge in [-0.2, -0.15) is 0 Å². The fraction of sp³-hybridized carbons (Fsp3) is 0.304. The molecule has 5 amide bonds. The van der Waals surface area contributed by atoms with Crippen molar-refractivity contribution >= 4 is 29.4 Å². The molecule has 1 saturated heterocycles. The standard InChI is InChI=1S/C23H22N4O4/c28-19(25-18-8-4-2-6-16(18)20(29)24-15-9-10-15)13-27-21(30)23(26-22(27)31)12-11-14-5-1-3-7-17(14)23/h1-8,15H,9-13H2,(H,24,29)(H,25,28)(H,26,31). The minimum atomic E-state index is -1.10. The van der Waals surface area contributed by atoms with E-state index in [0.717, 1.165) is 28.9 Å². The number of carbonyl (C=O) groups excluding carboxylic acids is 4. The van der Waals surface area contributed by atoms with Crippen LogP contribution in [-0.4, -0.2) is 41.2 Å². The number of hydrogen-bond donors (Lipinski definition) is 3. The van der Waals surface area contributed by atoms with Crippen molar-refractivity contribution in [3.8, 4) is 0 Å². The third-order valence-electron chi connectivity index (χ3n) is 6.08. The van der Waals surface area contributed by atoms with E-state index in [9.17, 15) is 19.2 Å². The Morgan fingerprint density at radius 1 is 1.06 bits per heavy atom. The van der Waals surface area contributed by atoms with Gasteiger partial charge in [-0.3, -0.25) is 19.3 Å². The first-order valence-corrected chi connectivity index (χ1v) is 10.4. The van der Waals surface area contributed by atoms with Crippen LogP contribution in [0, 0.1) is 0 Å². The number of fused-ring (bicyclic) bond motifs is 2. The number of nitrogens with one attached hydrogen (secondary N) is 3. The Labute approximate surface area is 179 Å². The number of hydrogen-bond acceptors (Lipinski definition) is 4. The van der Waals surface area contributed by atoms with Crippen LogP contribution < -0.4 is 16.0 Å². The van der Waals surface area contributed by atoms with Crippen LogP contribution in [-0.2, 0) is 21.5 Å². The minimum Gasteiger partial charge on any atom is -0.349 e. The number of carbonyl (C=O) groups is 4. The molecule has 0 radical (unpaired) electrons. The van der Waals surface area contributed by atoms with Crippen molar-refractivity contribution in [1.29, 1.82) is 0 Å². The van der Waals surface area contributed by atoms with Gasteiger partial charge in [-0.05, 0) is 48.9 Å². The highest BCUT2D eigenvalue weighted by molar-refractivity contribution is 6.11. The summed E-state index contributed by atoms with van der Waals surface area (Å²) in [6.45, 7) is -0.423. The zero-order valence-electron chi connectivity index (χ0n) is 16.8. The van der Waals surface area contributed by atoms with Crippen LogP contribution in [0.2, 0.25) is 0 Å². The van der Waals surface area contributed by atoms with Crippen LogP contribution in [0.4, 0.5) is 10.5 Å². The second-order valence-corrected chi connectivity index (χ2v) is 8.23. The summed E-state index contributed by atoms with van der Waals surface area (Å²) in [4.78, 5) is 51.9. The highest BCUT2D eigenvalue weighted by atomic mass is 16.2. The molecular formula is C23H22N4O4. The van der Waals surface area contributed by atoms with Gasteiger partial charge in [0, 0.05) is 6.04 Å². The molecule has 1 heterocycles. The van der Waals surface area contributed by atoms with E-state index >= 15 is 0 Å². The van der Waals surface area contributed by atoms with Crippen molar-refractivity contribution in [3.05, 3.63) is 65.2 Å². The van der Waals surface area contributed by atoms with Gasteiger partial charge in [0.25, 0.3) is 11.8 Å². The lowest BCUT2D eigenvalue weighted by atomic mass is 9.92. The molecule has 1 unspecified atom stereocenters. The highest BCUT2D eigenvalue weighted by Gasteiger charge is 2.55. The van der Waals surface area contributed by atoms with Crippen molar-refractivity contribution in [3.63, 3.8) is 0 Å². The lowest BCUT2D eigenvalue weighted by Gasteiger charge is -2.22. The molecule has 8 nitrogen and oxygen atoms in total. The number of para-hydroxylation sites is 1. The molecule has 3 N–H and O–H groups in total. The van der Waals surface area contributed by atoms with Crippen LogP contribution >= 0.6 is 0 Å². The van der Waals surface area contributed by atoms with Crippen LogP contribution in [0.15, 0.2) is 48.5 Å². The number of rotatable bonds is 5. The van der Waals surface area contributed by atoms with E-state index in [2.05, 4.69) is 16.0 Å². The average Bonchev–Trinajstić information content (AvgIpc) is 3.46. The van der Waals surface area contributed by atoms with E-state index < -0.39 is 29.9 Å². The Morgan fingerprint density at radius 2 is 1.81 bits per heavy atom. The molecule has 8 heteroatoms. The number of anilines is 1. The number of urea groups is 1. The summed E-state index contributed by atoms with van der Waals surface area (Å²) < 4.78 is 0. The largest absolute Gasteiger partial charge is 0.349 e. The second kappa shape index (κ2) is 7.23. The fourth-order valence-electron chi connectivity index (χ4n) is 4.35. The Balaban J connectivity index is 1.31. The van der Waals surface area contributed by atoms with E-state index in [-0.39, 0.29) is 11.9 Å². The van der Waals surface area contributed by atoms with Gasteiger partial charge in [-0.15, -0.1) is 0 Å². The molecule has 1 saturated carbocycles. The predicted octanol–water partition coefficient (Wildman–Crippen LogP) is 1.91. The molecule has 0 bridgehead atoms. The molecular weight excluding hydrogens is 396 g/mol. The van der Waals surface area contributed by atoms with Gasteiger partial charge in [0.05, 0.1) is 11.3 Å². The summed E-state index contributed by atoms with van der Waals surface area (Å²) in [6.07, 6.45) is 3.07. The summed E-state index contributed by atoms with van der Waals surface area (Å²) in [7, 11) is 0. The van der Waals surface area contributed by atoms with Crippen molar-refractivity contribution in [2.24, 2.45) is 0 Å². The highest BCUT2D eigenvalue weighted by Crippen LogP contribution is 2.41. The van der Waals surface area contributed by atoms with E-state index in [1.807, 2.05) is 24.3 Å². The van der Waals surface area contributed by atoms with Crippen molar-refractivity contribution in [2.75, 3.05) is 11.9 Å². The van der Waals surface area contributed by atoms with Gasteiger partial charge in [-0.1, -0.05) is 36.4 Å². The lowest BCUT2D eigenvalue weighted by molar-refractivity contribution is -0.134. The van der Waals surface area contributed by atoms with Gasteiger partial charge >= 0.3 is 6.03 Å². The molecule has 1 spiro atoms. The number of benzene rings is 2.